The maximum Gasteiger partial charge on any atom is 0.0512 e. The van der Waals surface area contributed by atoms with Crippen molar-refractivity contribution >= 4 is 11.4 Å². The summed E-state index contributed by atoms with van der Waals surface area (Å²) in [5.74, 6) is 0.697. The monoisotopic (exact) mass is 232 g/mol. The van der Waals surface area contributed by atoms with Gasteiger partial charge in [0.05, 0.1) is 6.61 Å². The number of rotatable bonds is 2. The zero-order valence-corrected chi connectivity index (χ0v) is 10.2. The molecule has 0 spiro atoms. The molecule has 0 radical (unpaired) electrons. The molecule has 1 saturated heterocycles. The number of hydrogen-bond donors (Lipinski definition) is 1. The molecule has 3 rings (SSSR count). The van der Waals surface area contributed by atoms with Crippen LogP contribution in [0.15, 0.2) is 18.2 Å². The van der Waals surface area contributed by atoms with Crippen LogP contribution < -0.4 is 10.6 Å². The van der Waals surface area contributed by atoms with Gasteiger partial charge in [0, 0.05) is 37.0 Å². The van der Waals surface area contributed by atoms with Gasteiger partial charge in [0.25, 0.3) is 0 Å². The fourth-order valence-corrected chi connectivity index (χ4v) is 2.96. The molecule has 2 aliphatic heterocycles. The number of ether oxygens (including phenoxy) is 1. The maximum atomic E-state index is 6.06. The van der Waals surface area contributed by atoms with Gasteiger partial charge in [-0.1, -0.05) is 6.07 Å². The number of fused-ring (bicyclic) bond motifs is 1. The number of hydrogen-bond acceptors (Lipinski definition) is 3. The van der Waals surface area contributed by atoms with Crippen molar-refractivity contribution in [2.24, 2.45) is 5.92 Å². The summed E-state index contributed by atoms with van der Waals surface area (Å²) in [7, 11) is 0. The number of nitrogens with zero attached hydrogens (tertiary/aromatic N) is 1. The molecule has 0 saturated carbocycles. The lowest BCUT2D eigenvalue weighted by Gasteiger charge is -2.33. The van der Waals surface area contributed by atoms with Crippen LogP contribution >= 0.6 is 0 Å². The van der Waals surface area contributed by atoms with Crippen molar-refractivity contribution in [3.05, 3.63) is 23.8 Å². The third-order valence-electron chi connectivity index (χ3n) is 3.89. The molecule has 1 aromatic rings. The Morgan fingerprint density at radius 2 is 2.35 bits per heavy atom. The van der Waals surface area contributed by atoms with E-state index >= 15 is 0 Å². The fraction of sp³-hybridized carbons (Fsp3) is 0.571. The molecule has 17 heavy (non-hydrogen) atoms. The number of nitrogen functional groups attached to an aromatic ring is 1. The van der Waals surface area contributed by atoms with Gasteiger partial charge >= 0.3 is 0 Å². The van der Waals surface area contributed by atoms with Crippen molar-refractivity contribution in [2.75, 3.05) is 36.9 Å². The molecule has 1 fully saturated rings. The van der Waals surface area contributed by atoms with Gasteiger partial charge in [-0.3, -0.25) is 0 Å². The molecule has 92 valence electrons. The smallest absolute Gasteiger partial charge is 0.0512 e. The number of nitrogens with two attached hydrogens (primary N) is 1. The first-order valence-corrected chi connectivity index (χ1v) is 6.54. The predicted molar refractivity (Wildman–Crippen MR) is 70.3 cm³/mol. The predicted octanol–water partition coefficient (Wildman–Crippen LogP) is 2.06. The SMILES string of the molecule is Nc1cccc2c1CCCN2CC1CCOC1. The number of benzene rings is 1. The van der Waals surface area contributed by atoms with Gasteiger partial charge in [-0.05, 0) is 37.0 Å². The van der Waals surface area contributed by atoms with Crippen LogP contribution in [-0.4, -0.2) is 26.3 Å². The molecule has 3 heteroatoms. The highest BCUT2D eigenvalue weighted by atomic mass is 16.5. The van der Waals surface area contributed by atoms with Crippen molar-refractivity contribution in [2.45, 2.75) is 19.3 Å². The second-order valence-corrected chi connectivity index (χ2v) is 5.12. The molecular formula is C14H20N2O. The molecular weight excluding hydrogens is 212 g/mol. The van der Waals surface area contributed by atoms with Gasteiger partial charge in [-0.15, -0.1) is 0 Å². The molecule has 0 bridgehead atoms. The molecule has 2 N–H and O–H groups in total. The zero-order valence-electron chi connectivity index (χ0n) is 10.2. The van der Waals surface area contributed by atoms with Gasteiger partial charge in [-0.25, -0.2) is 0 Å². The third kappa shape index (κ3) is 2.12. The first kappa shape index (κ1) is 10.9. The Balaban J connectivity index is 1.81. The van der Waals surface area contributed by atoms with E-state index in [1.165, 1.54) is 24.1 Å². The minimum atomic E-state index is 0.697. The molecule has 0 aromatic heterocycles. The first-order valence-electron chi connectivity index (χ1n) is 6.54. The Hall–Kier alpha value is -1.22. The first-order chi connectivity index (χ1) is 8.34. The summed E-state index contributed by atoms with van der Waals surface area (Å²) in [6.45, 7) is 4.14. The Labute approximate surface area is 103 Å². The minimum Gasteiger partial charge on any atom is -0.398 e. The van der Waals surface area contributed by atoms with Crippen molar-refractivity contribution < 1.29 is 4.74 Å². The zero-order chi connectivity index (χ0) is 11.7. The van der Waals surface area contributed by atoms with Gasteiger partial charge in [0.2, 0.25) is 0 Å². The van der Waals surface area contributed by atoms with Gasteiger partial charge in [0.15, 0.2) is 0 Å². The van der Waals surface area contributed by atoms with Crippen LogP contribution in [-0.2, 0) is 11.2 Å². The highest BCUT2D eigenvalue weighted by molar-refractivity contribution is 5.66. The van der Waals surface area contributed by atoms with Crippen LogP contribution in [0.1, 0.15) is 18.4 Å². The normalized spacial score (nSPS) is 23.8. The second-order valence-electron chi connectivity index (χ2n) is 5.12. The van der Waals surface area contributed by atoms with E-state index in [0.29, 0.717) is 5.92 Å². The maximum absolute atomic E-state index is 6.06. The van der Waals surface area contributed by atoms with E-state index in [2.05, 4.69) is 17.0 Å². The van der Waals surface area contributed by atoms with Gasteiger partial charge < -0.3 is 15.4 Å². The highest BCUT2D eigenvalue weighted by Gasteiger charge is 2.23. The van der Waals surface area contributed by atoms with E-state index in [0.717, 1.165) is 38.4 Å². The molecule has 1 aromatic carbocycles. The summed E-state index contributed by atoms with van der Waals surface area (Å²) in [6.07, 6.45) is 3.54. The van der Waals surface area contributed by atoms with Gasteiger partial charge in [-0.2, -0.15) is 0 Å². The van der Waals surface area contributed by atoms with Crippen molar-refractivity contribution in [1.82, 2.24) is 0 Å². The quantitative estimate of drug-likeness (QED) is 0.793. The van der Waals surface area contributed by atoms with E-state index in [1.54, 1.807) is 0 Å². The standard InChI is InChI=1S/C14H20N2O/c15-13-4-1-5-14-12(13)3-2-7-16(14)9-11-6-8-17-10-11/h1,4-5,11H,2-3,6-10,15H2. The lowest BCUT2D eigenvalue weighted by atomic mass is 9.98. The fourth-order valence-electron chi connectivity index (χ4n) is 2.96. The van der Waals surface area contributed by atoms with Gasteiger partial charge in [0.1, 0.15) is 0 Å². The van der Waals surface area contributed by atoms with Crippen LogP contribution in [0.5, 0.6) is 0 Å². The largest absolute Gasteiger partial charge is 0.398 e. The van der Waals surface area contributed by atoms with Crippen molar-refractivity contribution in [3.8, 4) is 0 Å². The Bertz CT molecular complexity index is 399. The van der Waals surface area contributed by atoms with E-state index in [-0.39, 0.29) is 0 Å². The van der Waals surface area contributed by atoms with Crippen LogP contribution in [0.3, 0.4) is 0 Å². The number of anilines is 2. The van der Waals surface area contributed by atoms with Crippen molar-refractivity contribution in [1.29, 1.82) is 0 Å². The molecule has 3 nitrogen and oxygen atoms in total. The summed E-state index contributed by atoms with van der Waals surface area (Å²) in [5, 5.41) is 0. The summed E-state index contributed by atoms with van der Waals surface area (Å²) in [5.41, 5.74) is 9.71. The van der Waals surface area contributed by atoms with Crippen LogP contribution in [0.2, 0.25) is 0 Å². The molecule has 1 atom stereocenters. The van der Waals surface area contributed by atoms with E-state index < -0.39 is 0 Å². The molecule has 2 heterocycles. The van der Waals surface area contributed by atoms with E-state index in [1.807, 2.05) is 6.07 Å². The second kappa shape index (κ2) is 4.57. The van der Waals surface area contributed by atoms with E-state index in [9.17, 15) is 0 Å². The minimum absolute atomic E-state index is 0.697. The topological polar surface area (TPSA) is 38.5 Å². The Morgan fingerprint density at radius 3 is 3.18 bits per heavy atom. The Morgan fingerprint density at radius 1 is 1.41 bits per heavy atom. The molecule has 2 aliphatic rings. The third-order valence-corrected chi connectivity index (χ3v) is 3.89. The molecule has 0 amide bonds. The summed E-state index contributed by atoms with van der Waals surface area (Å²) < 4.78 is 5.46. The molecule has 0 aliphatic carbocycles. The molecule has 1 unspecified atom stereocenters. The average Bonchev–Trinajstić information content (AvgIpc) is 2.83. The lowest BCUT2D eigenvalue weighted by molar-refractivity contribution is 0.186. The van der Waals surface area contributed by atoms with Crippen LogP contribution in [0, 0.1) is 5.92 Å². The van der Waals surface area contributed by atoms with E-state index in [4.69, 9.17) is 10.5 Å². The Kier molecular flexibility index (Phi) is 2.93. The van der Waals surface area contributed by atoms with Crippen LogP contribution in [0.25, 0.3) is 0 Å². The lowest BCUT2D eigenvalue weighted by Crippen LogP contribution is -2.34. The summed E-state index contributed by atoms with van der Waals surface area (Å²) >= 11 is 0. The summed E-state index contributed by atoms with van der Waals surface area (Å²) in [4.78, 5) is 2.49. The highest BCUT2D eigenvalue weighted by Crippen LogP contribution is 2.32. The summed E-state index contributed by atoms with van der Waals surface area (Å²) in [6, 6.07) is 6.29. The van der Waals surface area contributed by atoms with Crippen molar-refractivity contribution in [3.63, 3.8) is 0 Å². The van der Waals surface area contributed by atoms with Crippen LogP contribution in [0.4, 0.5) is 11.4 Å². The average molecular weight is 232 g/mol.